The van der Waals surface area contributed by atoms with Crippen molar-refractivity contribution >= 4 is 56.0 Å². The molecule has 1 rings (SSSR count). The van der Waals surface area contributed by atoms with Crippen LogP contribution >= 0.6 is 0 Å². The summed E-state index contributed by atoms with van der Waals surface area (Å²) in [6, 6.07) is 0. The number of hydrogen-bond donors (Lipinski definition) is 6. The van der Waals surface area contributed by atoms with E-state index < -0.39 is 48.6 Å². The molecule has 0 bridgehead atoms. The Balaban J connectivity index is -0.000000304. The predicted molar refractivity (Wildman–Crippen MR) is 57.1 cm³/mol. The summed E-state index contributed by atoms with van der Waals surface area (Å²) in [5, 5.41) is 65.7. The van der Waals surface area contributed by atoms with E-state index in [1.165, 1.54) is 0 Å². The predicted octanol–water partition coefficient (Wildman–Crippen LogP) is -4.01. The van der Waals surface area contributed by atoms with Gasteiger partial charge in [-0.15, -0.1) is 0 Å². The Bertz CT molecular complexity index is 371. The first-order valence-corrected chi connectivity index (χ1v) is 4.46. The summed E-state index contributed by atoms with van der Waals surface area (Å²) in [6.07, 6.45) is -6.94. The molecule has 0 radical (unpaired) electrons. The SMILES string of the molecule is O=C([O-])O.O=C([O-])O.O=C1O[C@H]([C@@H](O)CO)C(O)=C1O.[Ca+2]. The number of cyclic esters (lactones) is 1. The number of aliphatic hydroxyl groups is 4. The number of hydrogen-bond acceptors (Lipinski definition) is 10. The largest absolute Gasteiger partial charge is 2.00 e. The smallest absolute Gasteiger partial charge is 0.565 e. The van der Waals surface area contributed by atoms with E-state index in [1.54, 1.807) is 0 Å². The molecule has 0 spiro atoms. The average molecular weight is 338 g/mol. The number of carbonyl (C=O) groups excluding carboxylic acids is 1. The summed E-state index contributed by atoms with van der Waals surface area (Å²) >= 11 is 0. The van der Waals surface area contributed by atoms with E-state index in [0.29, 0.717) is 0 Å². The van der Waals surface area contributed by atoms with Gasteiger partial charge in [0.05, 0.1) is 6.61 Å². The van der Waals surface area contributed by atoms with Crippen LogP contribution in [-0.2, 0) is 9.53 Å². The second kappa shape index (κ2) is 12.3. The van der Waals surface area contributed by atoms with Crippen molar-refractivity contribution in [2.75, 3.05) is 6.61 Å². The summed E-state index contributed by atoms with van der Waals surface area (Å²) in [7, 11) is 0. The fourth-order valence-electron chi connectivity index (χ4n) is 0.823. The van der Waals surface area contributed by atoms with Crippen LogP contribution in [0.5, 0.6) is 0 Å². The van der Waals surface area contributed by atoms with Gasteiger partial charge in [0.2, 0.25) is 18.1 Å². The normalized spacial score (nSPS) is 17.0. The van der Waals surface area contributed by atoms with E-state index in [-0.39, 0.29) is 37.7 Å². The van der Waals surface area contributed by atoms with Crippen LogP contribution in [0.3, 0.4) is 0 Å². The molecule has 12 nitrogen and oxygen atoms in total. The van der Waals surface area contributed by atoms with Crippen LogP contribution in [0.2, 0.25) is 0 Å². The summed E-state index contributed by atoms with van der Waals surface area (Å²) < 4.78 is 4.32. The van der Waals surface area contributed by atoms with Crippen LogP contribution in [0.4, 0.5) is 9.59 Å². The van der Waals surface area contributed by atoms with Gasteiger partial charge in [-0.1, -0.05) is 0 Å². The Morgan fingerprint density at radius 1 is 1.19 bits per heavy atom. The molecular formula is C8H10CaO12. The molecule has 1 heterocycles. The van der Waals surface area contributed by atoms with E-state index >= 15 is 0 Å². The van der Waals surface area contributed by atoms with Gasteiger partial charge in [0.15, 0.2) is 11.9 Å². The summed E-state index contributed by atoms with van der Waals surface area (Å²) in [5.41, 5.74) is 0. The van der Waals surface area contributed by atoms with E-state index in [4.69, 9.17) is 50.4 Å². The average Bonchev–Trinajstić information content (AvgIpc) is 2.54. The molecule has 0 aromatic rings. The number of rotatable bonds is 2. The molecule has 21 heavy (non-hydrogen) atoms. The molecule has 116 valence electrons. The van der Waals surface area contributed by atoms with Crippen molar-refractivity contribution in [1.82, 2.24) is 0 Å². The second-order valence-corrected chi connectivity index (χ2v) is 2.84. The molecule has 0 fully saturated rings. The minimum absolute atomic E-state index is 0. The zero-order chi connectivity index (χ0) is 16.5. The topological polar surface area (TPSA) is 228 Å². The third kappa shape index (κ3) is 12.0. The minimum atomic E-state index is -2.08. The molecule has 0 amide bonds. The Kier molecular flexibility index (Phi) is 14.4. The van der Waals surface area contributed by atoms with Crippen molar-refractivity contribution in [3.63, 3.8) is 0 Å². The zero-order valence-corrected chi connectivity index (χ0v) is 12.4. The molecule has 0 saturated carbocycles. The van der Waals surface area contributed by atoms with Crippen molar-refractivity contribution in [2.24, 2.45) is 0 Å². The molecule has 6 N–H and O–H groups in total. The second-order valence-electron chi connectivity index (χ2n) is 2.84. The number of esters is 1. The Morgan fingerprint density at radius 2 is 1.52 bits per heavy atom. The maximum Gasteiger partial charge on any atom is 2.00 e. The fraction of sp³-hybridized carbons (Fsp3) is 0.375. The van der Waals surface area contributed by atoms with Gasteiger partial charge in [0, 0.05) is 0 Å². The van der Waals surface area contributed by atoms with Crippen molar-refractivity contribution in [3.05, 3.63) is 11.5 Å². The zero-order valence-electron chi connectivity index (χ0n) is 10.2. The summed E-state index contributed by atoms with van der Waals surface area (Å²) in [4.78, 5) is 27.4. The summed E-state index contributed by atoms with van der Waals surface area (Å²) in [6.45, 7) is -0.671. The molecule has 2 atom stereocenters. The first-order chi connectivity index (χ1) is 9.04. The van der Waals surface area contributed by atoms with Gasteiger partial charge in [-0.25, -0.2) is 4.79 Å². The molecule has 0 unspecified atom stereocenters. The standard InChI is InChI=1S/C6H8O6.2CH2O3.Ca/c7-1-2(8)5-3(9)4(10)6(11)12-5;2*2-1(3)4;/h2,5,7-10H,1H2;2*(H2,2,3,4);/q;;;+2/p-2/t2-,5+;;;/m0.../s1. The molecule has 13 heteroatoms. The van der Waals surface area contributed by atoms with Gasteiger partial charge in [-0.05, 0) is 0 Å². The van der Waals surface area contributed by atoms with Crippen LogP contribution in [-0.4, -0.2) is 105 Å². The molecule has 1 aliphatic rings. The first kappa shape index (κ1) is 24.5. The van der Waals surface area contributed by atoms with Crippen molar-refractivity contribution in [1.29, 1.82) is 0 Å². The quantitative estimate of drug-likeness (QED) is 0.209. The fourth-order valence-corrected chi connectivity index (χ4v) is 0.823. The molecule has 0 saturated heterocycles. The number of carboxylic acid groups (broad SMARTS) is 4. The third-order valence-electron chi connectivity index (χ3n) is 1.48. The van der Waals surface area contributed by atoms with Crippen LogP contribution in [0, 0.1) is 0 Å². The number of ether oxygens (including phenoxy) is 1. The number of carbonyl (C=O) groups is 3. The van der Waals surface area contributed by atoms with Gasteiger partial charge in [-0.2, -0.15) is 0 Å². The first-order valence-electron chi connectivity index (χ1n) is 4.46. The van der Waals surface area contributed by atoms with Gasteiger partial charge < -0.3 is 55.2 Å². The minimum Gasteiger partial charge on any atom is -0.565 e. The molecule has 0 aromatic carbocycles. The maximum absolute atomic E-state index is 10.5. The van der Waals surface area contributed by atoms with Crippen molar-refractivity contribution < 1.29 is 60.0 Å². The Morgan fingerprint density at radius 3 is 1.71 bits per heavy atom. The third-order valence-corrected chi connectivity index (χ3v) is 1.48. The Labute approximate surface area is 146 Å². The van der Waals surface area contributed by atoms with Crippen LogP contribution in [0.25, 0.3) is 0 Å². The van der Waals surface area contributed by atoms with E-state index in [2.05, 4.69) is 4.74 Å². The van der Waals surface area contributed by atoms with Crippen molar-refractivity contribution in [3.8, 4) is 0 Å². The van der Waals surface area contributed by atoms with E-state index in [0.717, 1.165) is 0 Å². The summed E-state index contributed by atoms with van der Waals surface area (Å²) in [5.74, 6) is -2.78. The molecular weight excluding hydrogens is 328 g/mol. The molecule has 1 aliphatic heterocycles. The van der Waals surface area contributed by atoms with Gasteiger partial charge in [-0.3, -0.25) is 0 Å². The van der Waals surface area contributed by atoms with E-state index in [9.17, 15) is 4.79 Å². The van der Waals surface area contributed by atoms with Gasteiger partial charge in [0.1, 0.15) is 6.10 Å². The molecule has 0 aliphatic carbocycles. The van der Waals surface area contributed by atoms with Gasteiger partial charge >= 0.3 is 43.7 Å². The molecule has 0 aromatic heterocycles. The van der Waals surface area contributed by atoms with E-state index in [1.807, 2.05) is 0 Å². The van der Waals surface area contributed by atoms with Gasteiger partial charge in [0.25, 0.3) is 0 Å². The van der Waals surface area contributed by atoms with Crippen LogP contribution < -0.4 is 10.2 Å². The van der Waals surface area contributed by atoms with Crippen LogP contribution in [0.15, 0.2) is 11.5 Å². The Hall–Kier alpha value is -1.47. The number of aliphatic hydroxyl groups excluding tert-OH is 4. The van der Waals surface area contributed by atoms with Crippen LogP contribution in [0.1, 0.15) is 0 Å². The van der Waals surface area contributed by atoms with Crippen molar-refractivity contribution in [2.45, 2.75) is 12.2 Å². The maximum atomic E-state index is 10.5. The monoisotopic (exact) mass is 338 g/mol.